The third kappa shape index (κ3) is 2.43. The van der Waals surface area contributed by atoms with Gasteiger partial charge >= 0.3 is 5.97 Å². The van der Waals surface area contributed by atoms with Gasteiger partial charge in [-0.2, -0.15) is 0 Å². The highest BCUT2D eigenvalue weighted by Crippen LogP contribution is 2.48. The van der Waals surface area contributed by atoms with Crippen molar-refractivity contribution in [3.8, 4) is 0 Å². The molecule has 2 aliphatic rings. The quantitative estimate of drug-likeness (QED) is 0.663. The lowest BCUT2D eigenvalue weighted by Crippen LogP contribution is -2.61. The van der Waals surface area contributed by atoms with E-state index in [4.69, 9.17) is 5.73 Å². The summed E-state index contributed by atoms with van der Waals surface area (Å²) in [5, 5.41) is 19.2. The smallest absolute Gasteiger partial charge is 0.352 e. The summed E-state index contributed by atoms with van der Waals surface area (Å²) in [7, 11) is 0. The van der Waals surface area contributed by atoms with Crippen molar-refractivity contribution in [2.45, 2.75) is 31.9 Å². The maximum absolute atomic E-state index is 12.1. The highest BCUT2D eigenvalue weighted by atomic mass is 32.1. The number of amides is 2. The molecule has 3 atom stereocenters. The van der Waals surface area contributed by atoms with Gasteiger partial charge in [0.05, 0.1) is 24.5 Å². The van der Waals surface area contributed by atoms with Gasteiger partial charge in [0.15, 0.2) is 0 Å². The van der Waals surface area contributed by atoms with Gasteiger partial charge in [-0.05, 0) is 25.5 Å². The number of carbonyl (C=O) groups is 3. The van der Waals surface area contributed by atoms with Crippen LogP contribution in [0.2, 0.25) is 0 Å². The fourth-order valence-electron chi connectivity index (χ4n) is 3.30. The van der Waals surface area contributed by atoms with Crippen LogP contribution in [-0.4, -0.2) is 45.0 Å². The Labute approximate surface area is 136 Å². The first kappa shape index (κ1) is 15.7. The second kappa shape index (κ2) is 5.47. The molecule has 4 N–H and O–H groups in total. The topological polar surface area (TPSA) is 121 Å². The molecule has 23 heavy (non-hydrogen) atoms. The van der Waals surface area contributed by atoms with Crippen molar-refractivity contribution < 1.29 is 24.6 Å². The molecule has 0 aliphatic carbocycles. The average molecular weight is 336 g/mol. The molecule has 0 radical (unpaired) electrons. The minimum Gasteiger partial charge on any atom is -0.477 e. The van der Waals surface area contributed by atoms with E-state index >= 15 is 0 Å². The van der Waals surface area contributed by atoms with Crippen LogP contribution in [0.15, 0.2) is 17.8 Å². The number of carboxylic acids is 1. The molecular weight excluding hydrogens is 320 g/mol. The molecule has 2 amide bonds. The van der Waals surface area contributed by atoms with E-state index in [0.29, 0.717) is 16.9 Å². The number of aliphatic carboxylic acids is 1. The van der Waals surface area contributed by atoms with Crippen LogP contribution in [0.25, 0.3) is 5.57 Å². The number of nitrogens with zero attached hydrogens (tertiary/aromatic N) is 1. The Hall–Kier alpha value is -2.19. The summed E-state index contributed by atoms with van der Waals surface area (Å²) in [6.45, 7) is 1.54. The Bertz CT molecular complexity index is 736. The lowest BCUT2D eigenvalue weighted by Gasteiger charge is -2.44. The van der Waals surface area contributed by atoms with E-state index < -0.39 is 23.9 Å². The molecule has 1 saturated heterocycles. The van der Waals surface area contributed by atoms with E-state index in [1.807, 2.05) is 0 Å². The molecule has 0 unspecified atom stereocenters. The van der Waals surface area contributed by atoms with E-state index in [0.717, 1.165) is 4.88 Å². The van der Waals surface area contributed by atoms with Crippen LogP contribution in [0.4, 0.5) is 0 Å². The first-order valence-electron chi connectivity index (χ1n) is 7.16. The molecule has 1 fully saturated rings. The number of fused-ring (bicyclic) bond motifs is 1. The van der Waals surface area contributed by atoms with Crippen molar-refractivity contribution in [2.24, 2.45) is 11.7 Å². The number of primary amides is 1. The number of hydrogen-bond donors (Lipinski definition) is 3. The summed E-state index contributed by atoms with van der Waals surface area (Å²) in [5.74, 6) is -2.53. The maximum Gasteiger partial charge on any atom is 0.352 e. The van der Waals surface area contributed by atoms with Crippen LogP contribution >= 0.6 is 11.3 Å². The van der Waals surface area contributed by atoms with Crippen molar-refractivity contribution in [1.82, 2.24) is 4.90 Å². The minimum absolute atomic E-state index is 0.0237. The number of aliphatic hydroxyl groups excluding tert-OH is 1. The van der Waals surface area contributed by atoms with Crippen molar-refractivity contribution >= 4 is 34.7 Å². The number of β-lactam (4-membered cyclic amide) rings is 1. The van der Waals surface area contributed by atoms with Gasteiger partial charge in [-0.25, -0.2) is 4.79 Å². The van der Waals surface area contributed by atoms with Gasteiger partial charge in [0.2, 0.25) is 11.8 Å². The highest BCUT2D eigenvalue weighted by Gasteiger charge is 2.56. The summed E-state index contributed by atoms with van der Waals surface area (Å²) < 4.78 is 0. The van der Waals surface area contributed by atoms with Crippen molar-refractivity contribution in [3.05, 3.63) is 27.6 Å². The Kier molecular flexibility index (Phi) is 3.73. The Morgan fingerprint density at radius 3 is 2.74 bits per heavy atom. The molecule has 1 aromatic heterocycles. The van der Waals surface area contributed by atoms with Crippen LogP contribution < -0.4 is 5.73 Å². The van der Waals surface area contributed by atoms with Crippen LogP contribution in [0, 0.1) is 5.92 Å². The predicted octanol–water partition coefficient (Wildman–Crippen LogP) is 0.183. The van der Waals surface area contributed by atoms with E-state index in [1.54, 1.807) is 12.1 Å². The summed E-state index contributed by atoms with van der Waals surface area (Å²) in [6, 6.07) is 3.17. The molecule has 122 valence electrons. The van der Waals surface area contributed by atoms with E-state index in [2.05, 4.69) is 0 Å². The molecule has 2 aliphatic heterocycles. The zero-order valence-electron chi connectivity index (χ0n) is 12.4. The molecule has 0 bridgehead atoms. The molecule has 0 aromatic carbocycles. The SMILES string of the molecule is C[C@@H](O)[C@H]1C(=O)N2C(C(=O)O)=C(c3ccc(CC(N)=O)s3)C[C@H]12. The van der Waals surface area contributed by atoms with Crippen LogP contribution in [0.3, 0.4) is 0 Å². The molecule has 0 saturated carbocycles. The zero-order valence-corrected chi connectivity index (χ0v) is 13.2. The second-order valence-electron chi connectivity index (χ2n) is 5.79. The first-order chi connectivity index (χ1) is 10.8. The first-order valence-corrected chi connectivity index (χ1v) is 7.98. The Morgan fingerprint density at radius 2 is 2.17 bits per heavy atom. The zero-order chi connectivity index (χ0) is 16.9. The third-order valence-electron chi connectivity index (χ3n) is 4.24. The van der Waals surface area contributed by atoms with Gasteiger partial charge in [-0.15, -0.1) is 11.3 Å². The third-order valence-corrected chi connectivity index (χ3v) is 5.38. The van der Waals surface area contributed by atoms with E-state index in [-0.39, 0.29) is 24.1 Å². The largest absolute Gasteiger partial charge is 0.477 e. The van der Waals surface area contributed by atoms with Crippen LogP contribution in [0.5, 0.6) is 0 Å². The molecule has 3 rings (SSSR count). The monoisotopic (exact) mass is 336 g/mol. The molecular formula is C15H16N2O5S. The fraction of sp³-hybridized carbons (Fsp3) is 0.400. The van der Waals surface area contributed by atoms with Gasteiger partial charge in [0, 0.05) is 15.3 Å². The Balaban J connectivity index is 1.95. The van der Waals surface area contributed by atoms with Crippen molar-refractivity contribution in [1.29, 1.82) is 0 Å². The van der Waals surface area contributed by atoms with E-state index in [1.165, 1.54) is 23.2 Å². The molecule has 8 heteroatoms. The molecule has 3 heterocycles. The van der Waals surface area contributed by atoms with Crippen molar-refractivity contribution in [2.75, 3.05) is 0 Å². The molecule has 7 nitrogen and oxygen atoms in total. The average Bonchev–Trinajstić information content (AvgIpc) is 2.99. The fourth-order valence-corrected chi connectivity index (χ4v) is 4.37. The summed E-state index contributed by atoms with van der Waals surface area (Å²) in [6.07, 6.45) is -0.325. The van der Waals surface area contributed by atoms with Crippen LogP contribution in [-0.2, 0) is 20.8 Å². The number of hydrogen-bond acceptors (Lipinski definition) is 5. The van der Waals surface area contributed by atoms with Gasteiger partial charge < -0.3 is 20.8 Å². The molecule has 0 spiro atoms. The standard InChI is InChI=1S/C15H16N2O5S/c1-6(18)12-9-5-8(13(15(21)22)17(9)14(12)20)10-3-2-7(23-10)4-11(16)19/h2-3,6,9,12,18H,4-5H2,1H3,(H2,16,19)(H,21,22)/t6-,9-,12-/m1/s1. The van der Waals surface area contributed by atoms with Gasteiger partial charge in [0.25, 0.3) is 0 Å². The van der Waals surface area contributed by atoms with Gasteiger partial charge in [-0.1, -0.05) is 0 Å². The summed E-state index contributed by atoms with van der Waals surface area (Å²) in [5.41, 5.74) is 5.71. The van der Waals surface area contributed by atoms with Crippen LogP contribution in [0.1, 0.15) is 23.1 Å². The van der Waals surface area contributed by atoms with Gasteiger partial charge in [0.1, 0.15) is 5.70 Å². The minimum atomic E-state index is -1.16. The number of carboxylic acid groups (broad SMARTS) is 1. The molecule has 1 aromatic rings. The van der Waals surface area contributed by atoms with Gasteiger partial charge in [-0.3, -0.25) is 9.59 Å². The predicted molar refractivity (Wildman–Crippen MR) is 82.2 cm³/mol. The lowest BCUT2D eigenvalue weighted by molar-refractivity contribution is -0.161. The maximum atomic E-state index is 12.1. The summed E-state index contributed by atoms with van der Waals surface area (Å²) >= 11 is 1.30. The number of aliphatic hydroxyl groups is 1. The van der Waals surface area contributed by atoms with Crippen molar-refractivity contribution in [3.63, 3.8) is 0 Å². The lowest BCUT2D eigenvalue weighted by atomic mass is 9.83. The number of rotatable bonds is 5. The Morgan fingerprint density at radius 1 is 1.48 bits per heavy atom. The number of nitrogens with two attached hydrogens (primary N) is 1. The highest BCUT2D eigenvalue weighted by molar-refractivity contribution is 7.13. The summed E-state index contributed by atoms with van der Waals surface area (Å²) in [4.78, 5) is 37.5. The number of carbonyl (C=O) groups excluding carboxylic acids is 2. The number of thiophene rings is 1. The van der Waals surface area contributed by atoms with E-state index in [9.17, 15) is 24.6 Å². The second-order valence-corrected chi connectivity index (χ2v) is 6.96. The normalized spacial score (nSPS) is 24.4.